The van der Waals surface area contributed by atoms with E-state index in [-0.39, 0.29) is 0 Å². The van der Waals surface area contributed by atoms with E-state index >= 15 is 0 Å². The van der Waals surface area contributed by atoms with Crippen molar-refractivity contribution in [2.75, 3.05) is 11.4 Å². The Morgan fingerprint density at radius 2 is 2.55 bits per heavy atom. The Morgan fingerprint density at radius 1 is 1.73 bits per heavy atom. The largest absolute Gasteiger partial charge is 0.470 e. The molecule has 0 fully saturated rings. The van der Waals surface area contributed by atoms with Crippen LogP contribution in [0.25, 0.3) is 0 Å². The molecule has 0 aliphatic rings. The number of nitrogens with zero attached hydrogens (tertiary/aromatic N) is 1. The molecule has 0 aromatic carbocycles. The Hall–Kier alpha value is -1.25. The Balaban J connectivity index is 2.63. The summed E-state index contributed by atoms with van der Waals surface area (Å²) in [7, 11) is 0. The van der Waals surface area contributed by atoms with Crippen molar-refractivity contribution in [3.05, 3.63) is 18.6 Å². The summed E-state index contributed by atoms with van der Waals surface area (Å²) in [5.41, 5.74) is 0.821. The summed E-state index contributed by atoms with van der Waals surface area (Å²) in [4.78, 5) is 12.1. The van der Waals surface area contributed by atoms with Crippen molar-refractivity contribution >= 4 is 12.1 Å². The summed E-state index contributed by atoms with van der Waals surface area (Å²) in [6.45, 7) is 2.76. The van der Waals surface area contributed by atoms with Gasteiger partial charge in [-0.15, -0.1) is 0 Å². The highest BCUT2D eigenvalue weighted by molar-refractivity contribution is 5.74. The van der Waals surface area contributed by atoms with Crippen molar-refractivity contribution in [2.45, 2.75) is 13.3 Å². The van der Waals surface area contributed by atoms with Crippen molar-refractivity contribution in [3.63, 3.8) is 0 Å². The first kappa shape index (κ1) is 7.85. The maximum Gasteiger partial charge on any atom is 0.214 e. The summed E-state index contributed by atoms with van der Waals surface area (Å²) in [5.74, 6) is 0. The second kappa shape index (κ2) is 3.81. The number of rotatable bonds is 4. The maximum absolute atomic E-state index is 10.5. The fourth-order valence-electron chi connectivity index (χ4n) is 0.904. The van der Waals surface area contributed by atoms with Crippen LogP contribution in [0.4, 0.5) is 5.69 Å². The lowest BCUT2D eigenvalue weighted by atomic mass is 10.4. The molecule has 3 nitrogen and oxygen atoms in total. The molecule has 0 bridgehead atoms. The Kier molecular flexibility index (Phi) is 2.72. The number of carbonyl (C=O) groups is 1. The topological polar surface area (TPSA) is 33.5 Å². The number of anilines is 1. The van der Waals surface area contributed by atoms with Crippen LogP contribution in [0.2, 0.25) is 0 Å². The molecule has 0 atom stereocenters. The first-order valence-electron chi connectivity index (χ1n) is 3.62. The van der Waals surface area contributed by atoms with Crippen LogP contribution in [0.3, 0.4) is 0 Å². The van der Waals surface area contributed by atoms with E-state index in [4.69, 9.17) is 4.42 Å². The third-order valence-electron chi connectivity index (χ3n) is 1.43. The number of amides is 1. The normalized spacial score (nSPS) is 9.55. The minimum absolute atomic E-state index is 0.739. The summed E-state index contributed by atoms with van der Waals surface area (Å²) in [6, 6.07) is 1.77. The highest BCUT2D eigenvalue weighted by Gasteiger charge is 2.03. The van der Waals surface area contributed by atoms with E-state index in [0.717, 1.165) is 25.1 Å². The molecule has 1 heterocycles. The summed E-state index contributed by atoms with van der Waals surface area (Å²) in [5, 5.41) is 0. The van der Waals surface area contributed by atoms with Gasteiger partial charge in [0.2, 0.25) is 6.41 Å². The van der Waals surface area contributed by atoms with Gasteiger partial charge in [0.1, 0.15) is 6.26 Å². The number of hydrogen-bond donors (Lipinski definition) is 0. The minimum atomic E-state index is 0.739. The Morgan fingerprint density at radius 3 is 3.00 bits per heavy atom. The predicted molar refractivity (Wildman–Crippen MR) is 42.4 cm³/mol. The Bertz CT molecular complexity index is 206. The lowest BCUT2D eigenvalue weighted by molar-refractivity contribution is -0.107. The molecule has 0 saturated carbocycles. The number of carbonyl (C=O) groups excluding carboxylic acids is 1. The predicted octanol–water partition coefficient (Wildman–Crippen LogP) is 1.65. The van der Waals surface area contributed by atoms with E-state index in [1.807, 2.05) is 6.92 Å². The lowest BCUT2D eigenvalue weighted by Crippen LogP contribution is -2.20. The molecule has 11 heavy (non-hydrogen) atoms. The molecule has 0 unspecified atom stereocenters. The van der Waals surface area contributed by atoms with Gasteiger partial charge in [-0.25, -0.2) is 0 Å². The van der Waals surface area contributed by atoms with Crippen molar-refractivity contribution in [2.24, 2.45) is 0 Å². The van der Waals surface area contributed by atoms with E-state index in [1.54, 1.807) is 23.5 Å². The van der Waals surface area contributed by atoms with Gasteiger partial charge < -0.3 is 9.32 Å². The van der Waals surface area contributed by atoms with Crippen molar-refractivity contribution in [3.8, 4) is 0 Å². The van der Waals surface area contributed by atoms with Gasteiger partial charge in [0.15, 0.2) is 0 Å². The highest BCUT2D eigenvalue weighted by atomic mass is 16.3. The second-order valence-electron chi connectivity index (χ2n) is 2.28. The van der Waals surface area contributed by atoms with Crippen LogP contribution >= 0.6 is 0 Å². The molecule has 1 amide bonds. The monoisotopic (exact) mass is 153 g/mol. The first-order chi connectivity index (χ1) is 5.38. The van der Waals surface area contributed by atoms with E-state index < -0.39 is 0 Å². The number of hydrogen-bond acceptors (Lipinski definition) is 2. The van der Waals surface area contributed by atoms with E-state index in [9.17, 15) is 4.79 Å². The zero-order chi connectivity index (χ0) is 8.10. The highest BCUT2D eigenvalue weighted by Crippen LogP contribution is 2.12. The van der Waals surface area contributed by atoms with Gasteiger partial charge in [-0.1, -0.05) is 6.92 Å². The van der Waals surface area contributed by atoms with Crippen LogP contribution < -0.4 is 4.90 Å². The van der Waals surface area contributed by atoms with Crippen LogP contribution in [0, 0.1) is 0 Å². The molecule has 0 N–H and O–H groups in total. The molecule has 1 rings (SSSR count). The third kappa shape index (κ3) is 1.83. The SMILES string of the molecule is CCCN(C=O)c1ccoc1. The van der Waals surface area contributed by atoms with E-state index in [2.05, 4.69) is 0 Å². The minimum Gasteiger partial charge on any atom is -0.470 e. The number of furan rings is 1. The molecule has 0 spiro atoms. The summed E-state index contributed by atoms with van der Waals surface area (Å²) >= 11 is 0. The van der Waals surface area contributed by atoms with Crippen molar-refractivity contribution in [1.29, 1.82) is 0 Å². The molecule has 3 heteroatoms. The molecule has 1 aromatic heterocycles. The molecular formula is C8H11NO2. The van der Waals surface area contributed by atoms with Crippen molar-refractivity contribution in [1.82, 2.24) is 0 Å². The van der Waals surface area contributed by atoms with E-state index in [1.165, 1.54) is 0 Å². The Labute approximate surface area is 65.6 Å². The molecule has 0 radical (unpaired) electrons. The van der Waals surface area contributed by atoms with Gasteiger partial charge >= 0.3 is 0 Å². The van der Waals surface area contributed by atoms with Gasteiger partial charge in [-0.05, 0) is 6.42 Å². The quantitative estimate of drug-likeness (QED) is 0.616. The molecule has 0 aliphatic heterocycles. The molecular weight excluding hydrogens is 142 g/mol. The van der Waals surface area contributed by atoms with Gasteiger partial charge in [0, 0.05) is 12.6 Å². The van der Waals surface area contributed by atoms with Crippen LogP contribution in [-0.4, -0.2) is 13.0 Å². The van der Waals surface area contributed by atoms with Gasteiger partial charge in [-0.3, -0.25) is 4.79 Å². The van der Waals surface area contributed by atoms with E-state index in [0.29, 0.717) is 0 Å². The summed E-state index contributed by atoms with van der Waals surface area (Å²) in [6.07, 6.45) is 4.88. The zero-order valence-corrected chi connectivity index (χ0v) is 6.49. The standard InChI is InChI=1S/C8H11NO2/c1-2-4-9(7-10)8-3-5-11-6-8/h3,5-7H,2,4H2,1H3. The molecule has 0 saturated heterocycles. The fraction of sp³-hybridized carbons (Fsp3) is 0.375. The second-order valence-corrected chi connectivity index (χ2v) is 2.28. The average Bonchev–Trinajstić information content (AvgIpc) is 2.52. The van der Waals surface area contributed by atoms with Crippen molar-refractivity contribution < 1.29 is 9.21 Å². The van der Waals surface area contributed by atoms with Gasteiger partial charge in [0.25, 0.3) is 0 Å². The van der Waals surface area contributed by atoms with Gasteiger partial charge in [0.05, 0.1) is 12.0 Å². The fourth-order valence-corrected chi connectivity index (χ4v) is 0.904. The smallest absolute Gasteiger partial charge is 0.214 e. The zero-order valence-electron chi connectivity index (χ0n) is 6.49. The van der Waals surface area contributed by atoms with Crippen LogP contribution in [0.15, 0.2) is 23.0 Å². The van der Waals surface area contributed by atoms with Gasteiger partial charge in [-0.2, -0.15) is 0 Å². The van der Waals surface area contributed by atoms with Crippen LogP contribution in [-0.2, 0) is 4.79 Å². The third-order valence-corrected chi connectivity index (χ3v) is 1.43. The summed E-state index contributed by atoms with van der Waals surface area (Å²) < 4.78 is 4.84. The molecule has 1 aromatic rings. The average molecular weight is 153 g/mol. The molecule has 60 valence electrons. The van der Waals surface area contributed by atoms with Crippen LogP contribution in [0.1, 0.15) is 13.3 Å². The maximum atomic E-state index is 10.5. The lowest BCUT2D eigenvalue weighted by Gasteiger charge is -2.12. The van der Waals surface area contributed by atoms with Crippen LogP contribution in [0.5, 0.6) is 0 Å². The first-order valence-corrected chi connectivity index (χ1v) is 3.62. The molecule has 0 aliphatic carbocycles.